The van der Waals surface area contributed by atoms with Gasteiger partial charge in [0.05, 0.1) is 18.2 Å². The first-order chi connectivity index (χ1) is 17.1. The van der Waals surface area contributed by atoms with E-state index in [-0.39, 0.29) is 5.76 Å². The summed E-state index contributed by atoms with van der Waals surface area (Å²) in [6, 6.07) is 15.9. The van der Waals surface area contributed by atoms with Gasteiger partial charge in [0.25, 0.3) is 0 Å². The Hall–Kier alpha value is -3.76. The molecule has 3 heterocycles. The van der Waals surface area contributed by atoms with Crippen LogP contribution in [0.2, 0.25) is 0 Å². The quantitative estimate of drug-likeness (QED) is 0.285. The van der Waals surface area contributed by atoms with Crippen LogP contribution in [0.5, 0.6) is 0 Å². The number of anilines is 1. The molecular weight excluding hydrogens is 440 g/mol. The summed E-state index contributed by atoms with van der Waals surface area (Å²) in [4.78, 5) is 20.2. The maximum absolute atomic E-state index is 12.0. The number of carbonyl (C=O) groups is 1. The molecule has 5 rings (SSSR count). The molecule has 1 aliphatic rings. The van der Waals surface area contributed by atoms with E-state index in [4.69, 9.17) is 9.15 Å². The highest BCUT2D eigenvalue weighted by molar-refractivity contribution is 5.93. The van der Waals surface area contributed by atoms with Crippen molar-refractivity contribution in [2.75, 3.05) is 44.2 Å². The van der Waals surface area contributed by atoms with Gasteiger partial charge in [-0.25, -0.2) is 4.79 Å². The number of aromatic nitrogens is 1. The minimum absolute atomic E-state index is 0.252. The number of hydrogen-bond donors (Lipinski definition) is 1. The van der Waals surface area contributed by atoms with Crippen LogP contribution >= 0.6 is 0 Å². The van der Waals surface area contributed by atoms with Gasteiger partial charge in [-0.15, -0.1) is 0 Å². The smallest absolute Gasteiger partial charge is 0.374 e. The number of rotatable bonds is 8. The summed E-state index contributed by atoms with van der Waals surface area (Å²) in [6.07, 6.45) is 5.39. The number of aromatic amines is 1. The number of furan rings is 1. The Morgan fingerprint density at radius 2 is 1.97 bits per heavy atom. The number of aryl methyl sites for hydroxylation is 1. The summed E-state index contributed by atoms with van der Waals surface area (Å²) in [5, 5.41) is 11.3. The van der Waals surface area contributed by atoms with Crippen LogP contribution in [0.1, 0.15) is 41.4 Å². The molecule has 35 heavy (non-hydrogen) atoms. The number of unbranched alkanes of at least 4 members (excludes halogenated alkanes) is 1. The van der Waals surface area contributed by atoms with Gasteiger partial charge in [0, 0.05) is 54.4 Å². The van der Waals surface area contributed by atoms with E-state index in [2.05, 4.69) is 39.2 Å². The minimum Gasteiger partial charge on any atom is -0.460 e. The fraction of sp³-hybridized carbons (Fsp3) is 0.357. The first-order valence-corrected chi connectivity index (χ1v) is 12.3. The first kappa shape index (κ1) is 23.0. The summed E-state index contributed by atoms with van der Waals surface area (Å²) < 4.78 is 10.7. The Bertz CT molecular complexity index is 1370. The number of nitrogens with one attached hydrogen (secondary N) is 1. The number of hydrogen-bond acceptors (Lipinski definition) is 6. The Kier molecular flexibility index (Phi) is 6.73. The summed E-state index contributed by atoms with van der Waals surface area (Å²) in [5.41, 5.74) is 4.96. The number of ether oxygens (including phenoxy) is 1. The number of nitriles is 1. The molecule has 4 aromatic rings. The van der Waals surface area contributed by atoms with E-state index in [1.165, 1.54) is 10.9 Å². The second kappa shape index (κ2) is 10.2. The molecule has 0 amide bonds. The third-order valence-corrected chi connectivity index (χ3v) is 6.78. The van der Waals surface area contributed by atoms with Crippen molar-refractivity contribution in [3.8, 4) is 6.07 Å². The van der Waals surface area contributed by atoms with Gasteiger partial charge in [-0.05, 0) is 80.8 Å². The van der Waals surface area contributed by atoms with Crippen LogP contribution in [-0.4, -0.2) is 55.2 Å². The summed E-state index contributed by atoms with van der Waals surface area (Å²) in [7, 11) is 0. The molecule has 0 spiro atoms. The van der Waals surface area contributed by atoms with E-state index < -0.39 is 5.97 Å². The third kappa shape index (κ3) is 5.03. The fourth-order valence-corrected chi connectivity index (χ4v) is 4.87. The number of esters is 1. The van der Waals surface area contributed by atoms with Crippen LogP contribution in [0.15, 0.2) is 53.1 Å². The van der Waals surface area contributed by atoms with E-state index in [9.17, 15) is 10.1 Å². The van der Waals surface area contributed by atoms with Gasteiger partial charge in [0.1, 0.15) is 5.58 Å². The largest absolute Gasteiger partial charge is 0.460 e. The Balaban J connectivity index is 1.10. The van der Waals surface area contributed by atoms with Crippen molar-refractivity contribution < 1.29 is 13.9 Å². The molecule has 2 aromatic carbocycles. The molecule has 2 aromatic heterocycles. The molecule has 0 saturated carbocycles. The monoisotopic (exact) mass is 470 g/mol. The highest BCUT2D eigenvalue weighted by atomic mass is 16.5. The summed E-state index contributed by atoms with van der Waals surface area (Å²) >= 11 is 0. The van der Waals surface area contributed by atoms with Crippen LogP contribution in [0.25, 0.3) is 21.9 Å². The second-order valence-corrected chi connectivity index (χ2v) is 9.03. The van der Waals surface area contributed by atoms with E-state index >= 15 is 0 Å². The zero-order chi connectivity index (χ0) is 24.2. The van der Waals surface area contributed by atoms with E-state index in [1.807, 2.05) is 24.3 Å². The summed E-state index contributed by atoms with van der Waals surface area (Å²) in [5.74, 6) is -0.169. The van der Waals surface area contributed by atoms with Crippen LogP contribution in [0.4, 0.5) is 5.69 Å². The molecule has 0 bridgehead atoms. The van der Waals surface area contributed by atoms with Crippen LogP contribution in [0.3, 0.4) is 0 Å². The molecule has 0 radical (unpaired) electrons. The lowest BCUT2D eigenvalue weighted by Crippen LogP contribution is -2.46. The van der Waals surface area contributed by atoms with Crippen molar-refractivity contribution in [1.29, 1.82) is 5.26 Å². The van der Waals surface area contributed by atoms with Gasteiger partial charge >= 0.3 is 5.97 Å². The maximum atomic E-state index is 12.0. The molecule has 1 N–H and O–H groups in total. The number of benzene rings is 2. The SMILES string of the molecule is CCOC(=O)c1cc2cc(N3CCN(CCCCc4c[nH]c5ccc(C#N)cc45)CC3)ccc2o1. The molecule has 1 saturated heterocycles. The van der Waals surface area contributed by atoms with Gasteiger partial charge in [0.15, 0.2) is 0 Å². The van der Waals surface area contributed by atoms with Crippen molar-refractivity contribution in [3.05, 3.63) is 65.5 Å². The van der Waals surface area contributed by atoms with Crippen LogP contribution in [0, 0.1) is 11.3 Å². The van der Waals surface area contributed by atoms with Crippen molar-refractivity contribution in [3.63, 3.8) is 0 Å². The predicted octanol–water partition coefficient (Wildman–Crippen LogP) is 5.11. The average Bonchev–Trinajstić information content (AvgIpc) is 3.50. The molecule has 7 heteroatoms. The van der Waals surface area contributed by atoms with E-state index in [1.54, 1.807) is 13.0 Å². The maximum Gasteiger partial charge on any atom is 0.374 e. The minimum atomic E-state index is -0.421. The zero-order valence-electron chi connectivity index (χ0n) is 20.0. The molecule has 1 aliphatic heterocycles. The highest BCUT2D eigenvalue weighted by Gasteiger charge is 2.19. The number of nitrogens with zero attached hydrogens (tertiary/aromatic N) is 3. The fourth-order valence-electron chi connectivity index (χ4n) is 4.87. The standard InChI is InChI=1S/C28H30N4O3/c1-2-34-28(33)27-17-22-16-23(7-9-26(22)35-27)32-13-11-31(12-14-32)10-4-3-5-21-19-30-25-8-6-20(18-29)15-24(21)25/h6-9,15-17,19,30H,2-5,10-14H2,1H3. The average molecular weight is 471 g/mol. The number of piperazine rings is 1. The van der Waals surface area contributed by atoms with Crippen LogP contribution < -0.4 is 4.90 Å². The lowest BCUT2D eigenvalue weighted by Gasteiger charge is -2.36. The number of H-pyrrole nitrogens is 1. The van der Waals surface area contributed by atoms with Crippen molar-refractivity contribution in [1.82, 2.24) is 9.88 Å². The van der Waals surface area contributed by atoms with Gasteiger partial charge in [-0.2, -0.15) is 5.26 Å². The molecule has 180 valence electrons. The topological polar surface area (TPSA) is 85.5 Å². The molecule has 0 aliphatic carbocycles. The number of carbonyl (C=O) groups excluding carboxylic acids is 1. The molecule has 7 nitrogen and oxygen atoms in total. The lowest BCUT2D eigenvalue weighted by molar-refractivity contribution is 0.0492. The van der Waals surface area contributed by atoms with Crippen LogP contribution in [-0.2, 0) is 11.2 Å². The zero-order valence-corrected chi connectivity index (χ0v) is 20.0. The van der Waals surface area contributed by atoms with Gasteiger partial charge in [0.2, 0.25) is 5.76 Å². The van der Waals surface area contributed by atoms with E-state index in [0.717, 1.165) is 68.6 Å². The Morgan fingerprint density at radius 3 is 2.77 bits per heavy atom. The second-order valence-electron chi connectivity index (χ2n) is 9.03. The molecule has 0 atom stereocenters. The lowest BCUT2D eigenvalue weighted by atomic mass is 10.1. The third-order valence-electron chi connectivity index (χ3n) is 6.78. The van der Waals surface area contributed by atoms with E-state index in [0.29, 0.717) is 17.8 Å². The van der Waals surface area contributed by atoms with Gasteiger partial charge < -0.3 is 19.0 Å². The molecule has 0 unspecified atom stereocenters. The number of fused-ring (bicyclic) bond motifs is 2. The van der Waals surface area contributed by atoms with Gasteiger partial charge in [-0.3, -0.25) is 4.90 Å². The van der Waals surface area contributed by atoms with Crippen molar-refractivity contribution >= 4 is 33.5 Å². The Morgan fingerprint density at radius 1 is 1.11 bits per heavy atom. The predicted molar refractivity (Wildman–Crippen MR) is 137 cm³/mol. The van der Waals surface area contributed by atoms with Crippen molar-refractivity contribution in [2.24, 2.45) is 0 Å². The summed E-state index contributed by atoms with van der Waals surface area (Å²) in [6.45, 7) is 7.25. The normalized spacial score (nSPS) is 14.5. The highest BCUT2D eigenvalue weighted by Crippen LogP contribution is 2.27. The first-order valence-electron chi connectivity index (χ1n) is 12.3. The Labute approximate surface area is 204 Å². The molecule has 1 fully saturated rings. The van der Waals surface area contributed by atoms with Crippen molar-refractivity contribution in [2.45, 2.75) is 26.2 Å². The van der Waals surface area contributed by atoms with Gasteiger partial charge in [-0.1, -0.05) is 0 Å². The molecular formula is C28H30N4O3.